The van der Waals surface area contributed by atoms with Gasteiger partial charge in [0.25, 0.3) is 5.91 Å². The number of imidazole rings is 1. The highest BCUT2D eigenvalue weighted by molar-refractivity contribution is 7.15. The number of benzene rings is 2. The van der Waals surface area contributed by atoms with Crippen molar-refractivity contribution < 1.29 is 14.3 Å². The van der Waals surface area contributed by atoms with Gasteiger partial charge in [-0.25, -0.2) is 4.98 Å². The number of para-hydroxylation sites is 1. The zero-order valence-corrected chi connectivity index (χ0v) is 16.9. The van der Waals surface area contributed by atoms with Gasteiger partial charge in [-0.2, -0.15) is 0 Å². The minimum atomic E-state index is -0.661. The summed E-state index contributed by atoms with van der Waals surface area (Å²) in [6.45, 7) is 1.58. The van der Waals surface area contributed by atoms with Crippen LogP contribution < -0.4 is 15.0 Å². The van der Waals surface area contributed by atoms with Crippen molar-refractivity contribution in [3.05, 3.63) is 66.3 Å². The van der Waals surface area contributed by atoms with Crippen LogP contribution in [0.2, 0.25) is 0 Å². The van der Waals surface area contributed by atoms with Gasteiger partial charge in [0.05, 0.1) is 11.4 Å². The molecule has 5 rings (SSSR count). The molecule has 0 radical (unpaired) electrons. The van der Waals surface area contributed by atoms with Crippen LogP contribution in [0.4, 0.5) is 11.4 Å². The summed E-state index contributed by atoms with van der Waals surface area (Å²) in [5, 5.41) is 4.80. The Kier molecular flexibility index (Phi) is 4.48. The molecule has 0 bridgehead atoms. The molecule has 8 heteroatoms. The van der Waals surface area contributed by atoms with E-state index in [0.29, 0.717) is 17.1 Å². The van der Waals surface area contributed by atoms with E-state index in [4.69, 9.17) is 4.74 Å². The summed E-state index contributed by atoms with van der Waals surface area (Å²) in [7, 11) is 0. The minimum absolute atomic E-state index is 0.101. The molecule has 0 fully saturated rings. The zero-order valence-electron chi connectivity index (χ0n) is 16.1. The van der Waals surface area contributed by atoms with Gasteiger partial charge in [-0.15, -0.1) is 11.3 Å². The maximum atomic E-state index is 12.8. The summed E-state index contributed by atoms with van der Waals surface area (Å²) in [4.78, 5) is 32.4. The molecule has 1 aliphatic rings. The molecule has 150 valence electrons. The standard InChI is InChI=1S/C22H18N4O3S/c1-14-21(28)26(13-20(27)23-16-5-3-2-4-6-16)18-11-15(7-8-19(18)29-14)17-12-25-9-10-30-22(25)24-17/h2-12,14H,13H2,1H3,(H,23,27). The second-order valence-corrected chi connectivity index (χ2v) is 7.87. The summed E-state index contributed by atoms with van der Waals surface area (Å²) in [6, 6.07) is 14.8. The average molecular weight is 418 g/mol. The van der Waals surface area contributed by atoms with Gasteiger partial charge in [-0.3, -0.25) is 18.9 Å². The van der Waals surface area contributed by atoms with Crippen LogP contribution in [0.1, 0.15) is 6.92 Å². The van der Waals surface area contributed by atoms with Crippen molar-refractivity contribution in [1.29, 1.82) is 0 Å². The first-order valence-electron chi connectivity index (χ1n) is 9.48. The third kappa shape index (κ3) is 3.31. The van der Waals surface area contributed by atoms with Crippen molar-refractivity contribution in [3.8, 4) is 17.0 Å². The lowest BCUT2D eigenvalue weighted by Crippen LogP contribution is -2.47. The third-order valence-corrected chi connectivity index (χ3v) is 5.69. The Morgan fingerprint density at radius 2 is 2.07 bits per heavy atom. The summed E-state index contributed by atoms with van der Waals surface area (Å²) in [5.74, 6) is 0.0376. The highest BCUT2D eigenvalue weighted by Gasteiger charge is 2.33. The molecule has 2 amide bonds. The lowest BCUT2D eigenvalue weighted by molar-refractivity contribution is -0.127. The number of fused-ring (bicyclic) bond motifs is 2. The number of ether oxygens (including phenoxy) is 1. The largest absolute Gasteiger partial charge is 0.479 e. The van der Waals surface area contributed by atoms with Gasteiger partial charge in [0.2, 0.25) is 5.91 Å². The second-order valence-electron chi connectivity index (χ2n) is 7.00. The molecule has 0 saturated carbocycles. The molecule has 4 aromatic rings. The number of anilines is 2. The van der Waals surface area contributed by atoms with Gasteiger partial charge in [-0.1, -0.05) is 18.2 Å². The first-order chi connectivity index (χ1) is 14.6. The Hall–Kier alpha value is -3.65. The third-order valence-electron chi connectivity index (χ3n) is 4.92. The normalized spacial score (nSPS) is 15.7. The number of aromatic nitrogens is 2. The molecule has 0 saturated heterocycles. The van der Waals surface area contributed by atoms with Gasteiger partial charge < -0.3 is 10.1 Å². The van der Waals surface area contributed by atoms with Crippen LogP contribution in [0, 0.1) is 0 Å². The highest BCUT2D eigenvalue weighted by Crippen LogP contribution is 2.37. The van der Waals surface area contributed by atoms with E-state index in [1.165, 1.54) is 4.90 Å². The quantitative estimate of drug-likeness (QED) is 0.547. The summed E-state index contributed by atoms with van der Waals surface area (Å²) in [6.07, 6.45) is 3.23. The number of carbonyl (C=O) groups is 2. The fourth-order valence-corrected chi connectivity index (χ4v) is 4.16. The smallest absolute Gasteiger partial charge is 0.268 e. The Morgan fingerprint density at radius 3 is 2.87 bits per heavy atom. The second kappa shape index (κ2) is 7.31. The van der Waals surface area contributed by atoms with Crippen molar-refractivity contribution >= 4 is 39.5 Å². The molecule has 0 aliphatic carbocycles. The van der Waals surface area contributed by atoms with Crippen LogP contribution in [-0.2, 0) is 9.59 Å². The first kappa shape index (κ1) is 18.4. The molecule has 3 heterocycles. The molecule has 1 atom stereocenters. The Bertz CT molecular complexity index is 1220. The summed E-state index contributed by atoms with van der Waals surface area (Å²) < 4.78 is 7.72. The molecule has 2 aromatic heterocycles. The molecule has 0 spiro atoms. The molecule has 1 aliphatic heterocycles. The highest BCUT2D eigenvalue weighted by atomic mass is 32.1. The fourth-order valence-electron chi connectivity index (χ4n) is 3.46. The fraction of sp³-hybridized carbons (Fsp3) is 0.136. The van der Waals surface area contributed by atoms with Crippen LogP contribution in [-0.4, -0.2) is 33.8 Å². The molecule has 1 unspecified atom stereocenters. The van der Waals surface area contributed by atoms with E-state index < -0.39 is 6.10 Å². The molecule has 30 heavy (non-hydrogen) atoms. The molecular weight excluding hydrogens is 400 g/mol. The van der Waals surface area contributed by atoms with E-state index in [2.05, 4.69) is 10.3 Å². The number of rotatable bonds is 4. The van der Waals surface area contributed by atoms with E-state index in [1.807, 2.05) is 58.6 Å². The van der Waals surface area contributed by atoms with Gasteiger partial charge >= 0.3 is 0 Å². The average Bonchev–Trinajstić information content (AvgIpc) is 3.34. The summed E-state index contributed by atoms with van der Waals surface area (Å²) in [5.41, 5.74) is 2.90. The predicted molar refractivity (Wildman–Crippen MR) is 116 cm³/mol. The topological polar surface area (TPSA) is 75.9 Å². The Labute approximate surface area is 176 Å². The van der Waals surface area contributed by atoms with Crippen LogP contribution in [0.3, 0.4) is 0 Å². The molecule has 2 aromatic carbocycles. The van der Waals surface area contributed by atoms with Gasteiger partial charge in [0.15, 0.2) is 11.1 Å². The van der Waals surface area contributed by atoms with Crippen LogP contribution in [0.5, 0.6) is 5.75 Å². The van der Waals surface area contributed by atoms with Crippen molar-refractivity contribution in [2.75, 3.05) is 16.8 Å². The van der Waals surface area contributed by atoms with E-state index in [9.17, 15) is 9.59 Å². The van der Waals surface area contributed by atoms with Crippen LogP contribution in [0.15, 0.2) is 66.3 Å². The van der Waals surface area contributed by atoms with Crippen LogP contribution >= 0.6 is 11.3 Å². The Balaban J connectivity index is 1.46. The van der Waals surface area contributed by atoms with Crippen molar-refractivity contribution in [2.24, 2.45) is 0 Å². The maximum absolute atomic E-state index is 12.8. The maximum Gasteiger partial charge on any atom is 0.268 e. The minimum Gasteiger partial charge on any atom is -0.479 e. The van der Waals surface area contributed by atoms with Crippen LogP contribution in [0.25, 0.3) is 16.2 Å². The predicted octanol–water partition coefficient (Wildman–Crippen LogP) is 3.82. The molecule has 1 N–H and O–H groups in total. The Morgan fingerprint density at radius 1 is 1.23 bits per heavy atom. The summed E-state index contributed by atoms with van der Waals surface area (Å²) >= 11 is 1.55. The first-order valence-corrected chi connectivity index (χ1v) is 10.4. The van der Waals surface area contributed by atoms with E-state index >= 15 is 0 Å². The van der Waals surface area contributed by atoms with Crippen molar-refractivity contribution in [2.45, 2.75) is 13.0 Å². The number of carbonyl (C=O) groups excluding carboxylic acids is 2. The van der Waals surface area contributed by atoms with E-state index in [1.54, 1.807) is 30.4 Å². The number of nitrogens with one attached hydrogen (secondary N) is 1. The molecule has 7 nitrogen and oxygen atoms in total. The lowest BCUT2D eigenvalue weighted by atomic mass is 10.1. The number of hydrogen-bond donors (Lipinski definition) is 1. The van der Waals surface area contributed by atoms with Gasteiger partial charge in [0, 0.05) is 29.0 Å². The van der Waals surface area contributed by atoms with Gasteiger partial charge in [0.1, 0.15) is 12.3 Å². The number of hydrogen-bond acceptors (Lipinski definition) is 5. The SMILES string of the molecule is CC1Oc2ccc(-c3cn4ccsc4n3)cc2N(CC(=O)Nc2ccccc2)C1=O. The number of amides is 2. The number of thiazole rings is 1. The van der Waals surface area contributed by atoms with E-state index in [-0.39, 0.29) is 18.4 Å². The van der Waals surface area contributed by atoms with Crippen molar-refractivity contribution in [3.63, 3.8) is 0 Å². The zero-order chi connectivity index (χ0) is 20.7. The lowest BCUT2D eigenvalue weighted by Gasteiger charge is -2.32. The van der Waals surface area contributed by atoms with Gasteiger partial charge in [-0.05, 0) is 37.3 Å². The van der Waals surface area contributed by atoms with E-state index in [0.717, 1.165) is 16.2 Å². The number of nitrogens with zero attached hydrogens (tertiary/aromatic N) is 3. The van der Waals surface area contributed by atoms with Crippen molar-refractivity contribution in [1.82, 2.24) is 9.38 Å². The monoisotopic (exact) mass is 418 g/mol. The molecular formula is C22H18N4O3S.